The number of aromatic nitrogens is 4. The Balaban J connectivity index is 1.59. The number of halogens is 1. The maximum absolute atomic E-state index is 6.18. The van der Waals surface area contributed by atoms with E-state index in [1.165, 1.54) is 11.9 Å². The number of nitrogens with zero attached hydrogens (tertiary/aromatic N) is 4. The van der Waals surface area contributed by atoms with Crippen molar-refractivity contribution in [1.29, 1.82) is 0 Å². The van der Waals surface area contributed by atoms with Crippen molar-refractivity contribution in [3.8, 4) is 11.5 Å². The van der Waals surface area contributed by atoms with Crippen molar-refractivity contribution in [3.63, 3.8) is 0 Å². The van der Waals surface area contributed by atoms with Crippen molar-refractivity contribution in [1.82, 2.24) is 19.5 Å². The van der Waals surface area contributed by atoms with E-state index in [1.54, 1.807) is 11.8 Å². The normalized spacial score (nSPS) is 14.5. The van der Waals surface area contributed by atoms with Crippen molar-refractivity contribution >= 4 is 44.7 Å². The minimum Gasteiger partial charge on any atom is -0.454 e. The summed E-state index contributed by atoms with van der Waals surface area (Å²) in [5.74, 6) is 2.61. The number of nitrogens with two attached hydrogens (primary N) is 1. The molecule has 0 bridgehead atoms. The van der Waals surface area contributed by atoms with Crippen molar-refractivity contribution < 1.29 is 9.47 Å². The molecule has 0 saturated carbocycles. The second-order valence-electron chi connectivity index (χ2n) is 8.08. The second-order valence-corrected chi connectivity index (χ2v) is 9.94. The molecule has 0 amide bonds. The third-order valence-electron chi connectivity index (χ3n) is 6.09. The number of benzene rings is 2. The number of ether oxygens (including phenoxy) is 2. The summed E-state index contributed by atoms with van der Waals surface area (Å²) in [5.41, 5.74) is 8.84. The fourth-order valence-electron chi connectivity index (χ4n) is 4.05. The van der Waals surface area contributed by atoms with Crippen LogP contribution in [0.25, 0.3) is 11.2 Å². The maximum Gasteiger partial charge on any atom is 0.231 e. The van der Waals surface area contributed by atoms with Gasteiger partial charge in [0.2, 0.25) is 6.79 Å². The Morgan fingerprint density at radius 3 is 2.67 bits per heavy atom. The second kappa shape index (κ2) is 9.23. The third-order valence-corrected chi connectivity index (χ3v) is 8.06. The van der Waals surface area contributed by atoms with E-state index in [2.05, 4.69) is 74.6 Å². The molecule has 3 heterocycles. The molecule has 0 radical (unpaired) electrons. The Morgan fingerprint density at radius 2 is 1.91 bits per heavy atom. The summed E-state index contributed by atoms with van der Waals surface area (Å²) in [6.07, 6.45) is 2.57. The molecular weight excluding hydrogens is 502 g/mol. The zero-order valence-electron chi connectivity index (χ0n) is 18.4. The molecule has 9 heteroatoms. The van der Waals surface area contributed by atoms with Crippen LogP contribution in [-0.4, -0.2) is 26.3 Å². The van der Waals surface area contributed by atoms with Crippen LogP contribution in [0.4, 0.5) is 5.82 Å². The smallest absolute Gasteiger partial charge is 0.231 e. The van der Waals surface area contributed by atoms with Gasteiger partial charge in [0, 0.05) is 21.8 Å². The van der Waals surface area contributed by atoms with Crippen molar-refractivity contribution in [3.05, 3.63) is 58.8 Å². The quantitative estimate of drug-likeness (QED) is 0.322. The lowest BCUT2D eigenvalue weighted by atomic mass is 9.85. The van der Waals surface area contributed by atoms with Crippen molar-refractivity contribution in [2.24, 2.45) is 5.92 Å². The van der Waals surface area contributed by atoms with E-state index in [0.29, 0.717) is 23.2 Å². The molecule has 2 atom stereocenters. The molecule has 0 fully saturated rings. The van der Waals surface area contributed by atoms with Gasteiger partial charge in [-0.25, -0.2) is 15.0 Å². The Kier molecular flexibility index (Phi) is 6.16. The van der Waals surface area contributed by atoms with E-state index in [4.69, 9.17) is 20.2 Å². The Bertz CT molecular complexity index is 1300. The van der Waals surface area contributed by atoms with Crippen LogP contribution in [-0.2, 0) is 6.54 Å². The van der Waals surface area contributed by atoms with Gasteiger partial charge in [-0.2, -0.15) is 0 Å². The van der Waals surface area contributed by atoms with Crippen LogP contribution in [0.15, 0.2) is 63.3 Å². The lowest BCUT2D eigenvalue weighted by Crippen LogP contribution is -2.17. The van der Waals surface area contributed by atoms with E-state index < -0.39 is 0 Å². The molecule has 2 N–H and O–H groups in total. The first-order valence-electron chi connectivity index (χ1n) is 10.8. The maximum atomic E-state index is 6.18. The van der Waals surface area contributed by atoms with Gasteiger partial charge in [0.05, 0.1) is 0 Å². The molecule has 1 aliphatic heterocycles. The average molecular weight is 526 g/mol. The van der Waals surface area contributed by atoms with E-state index in [0.717, 1.165) is 44.6 Å². The zero-order valence-corrected chi connectivity index (χ0v) is 20.8. The van der Waals surface area contributed by atoms with Gasteiger partial charge in [0.1, 0.15) is 6.33 Å². The third kappa shape index (κ3) is 4.27. The largest absolute Gasteiger partial charge is 0.454 e. The van der Waals surface area contributed by atoms with Gasteiger partial charge in [0.25, 0.3) is 0 Å². The summed E-state index contributed by atoms with van der Waals surface area (Å²) >= 11 is 5.21. The van der Waals surface area contributed by atoms with Crippen LogP contribution < -0.4 is 15.2 Å². The fraction of sp³-hybridized carbons (Fsp3) is 0.292. The highest BCUT2D eigenvalue weighted by atomic mass is 79.9. The molecular formula is C24H24BrN5O2S. The fourth-order valence-corrected chi connectivity index (χ4v) is 5.54. The molecule has 2 unspecified atom stereocenters. The number of fused-ring (bicyclic) bond motifs is 2. The van der Waals surface area contributed by atoms with E-state index in [-0.39, 0.29) is 6.79 Å². The average Bonchev–Trinajstić information content (AvgIpc) is 3.42. The van der Waals surface area contributed by atoms with Crippen LogP contribution in [0, 0.1) is 5.92 Å². The molecule has 2 aromatic heterocycles. The van der Waals surface area contributed by atoms with Gasteiger partial charge in [-0.3, -0.25) is 0 Å². The minimum atomic E-state index is 0.230. The van der Waals surface area contributed by atoms with Gasteiger partial charge >= 0.3 is 0 Å². The van der Waals surface area contributed by atoms with Crippen LogP contribution in [0.1, 0.15) is 31.7 Å². The molecule has 7 nitrogen and oxygen atoms in total. The monoisotopic (exact) mass is 525 g/mol. The molecule has 0 saturated heterocycles. The van der Waals surface area contributed by atoms with Crippen molar-refractivity contribution in [2.45, 2.75) is 42.8 Å². The van der Waals surface area contributed by atoms with Gasteiger partial charge in [-0.1, -0.05) is 62.4 Å². The number of hydrogen-bond donors (Lipinski definition) is 1. The molecule has 0 spiro atoms. The van der Waals surface area contributed by atoms with Gasteiger partial charge in [0.15, 0.2) is 33.6 Å². The number of imidazole rings is 1. The molecule has 170 valence electrons. The molecule has 2 aromatic carbocycles. The summed E-state index contributed by atoms with van der Waals surface area (Å²) in [4.78, 5) is 14.5. The highest BCUT2D eigenvalue weighted by Crippen LogP contribution is 2.43. The first-order valence-corrected chi connectivity index (χ1v) is 12.4. The predicted octanol–water partition coefficient (Wildman–Crippen LogP) is 5.88. The number of nitrogen functional groups attached to an aromatic ring is 1. The first kappa shape index (κ1) is 22.0. The Labute approximate surface area is 204 Å². The van der Waals surface area contributed by atoms with Crippen molar-refractivity contribution in [2.75, 3.05) is 12.5 Å². The summed E-state index contributed by atoms with van der Waals surface area (Å²) in [7, 11) is 0. The van der Waals surface area contributed by atoms with Crippen LogP contribution in [0.2, 0.25) is 0 Å². The standard InChI is InChI=1S/C24H24BrN5O2S/c1-3-14(2)16(15-7-5-4-6-8-15)11-30-23-21(22(26)27-12-28-23)29-24(30)33-20-10-19-18(9-17(20)25)31-13-32-19/h4-10,12,14,16H,3,11,13H2,1-2H3,(H2,26,27,28). The van der Waals surface area contributed by atoms with Crippen LogP contribution in [0.3, 0.4) is 0 Å². The van der Waals surface area contributed by atoms with Gasteiger partial charge < -0.3 is 19.8 Å². The van der Waals surface area contributed by atoms with Crippen LogP contribution >= 0.6 is 27.7 Å². The van der Waals surface area contributed by atoms with Gasteiger partial charge in [-0.05, 0) is 39.5 Å². The zero-order chi connectivity index (χ0) is 22.9. The Hall–Kier alpha value is -2.78. The lowest BCUT2D eigenvalue weighted by molar-refractivity contribution is 0.174. The molecule has 4 aromatic rings. The topological polar surface area (TPSA) is 88.1 Å². The van der Waals surface area contributed by atoms with E-state index >= 15 is 0 Å². The molecule has 5 rings (SSSR count). The van der Waals surface area contributed by atoms with E-state index in [9.17, 15) is 0 Å². The molecule has 1 aliphatic rings. The van der Waals surface area contributed by atoms with Crippen LogP contribution in [0.5, 0.6) is 11.5 Å². The number of hydrogen-bond acceptors (Lipinski definition) is 7. The summed E-state index contributed by atoms with van der Waals surface area (Å²) in [5, 5.41) is 0.806. The highest BCUT2D eigenvalue weighted by Gasteiger charge is 2.25. The summed E-state index contributed by atoms with van der Waals surface area (Å²) in [6.45, 7) is 5.48. The lowest BCUT2D eigenvalue weighted by Gasteiger charge is -2.25. The minimum absolute atomic E-state index is 0.230. The molecule has 0 aliphatic carbocycles. The summed E-state index contributed by atoms with van der Waals surface area (Å²) in [6, 6.07) is 14.5. The Morgan fingerprint density at radius 1 is 1.15 bits per heavy atom. The first-order chi connectivity index (χ1) is 16.0. The summed E-state index contributed by atoms with van der Waals surface area (Å²) < 4.78 is 14.2. The number of rotatable bonds is 7. The van der Waals surface area contributed by atoms with E-state index in [1.807, 2.05) is 12.1 Å². The molecule has 33 heavy (non-hydrogen) atoms. The SMILES string of the molecule is CCC(C)C(Cn1c(Sc2cc3c(cc2Br)OCO3)nc2c(N)ncnc21)c1ccccc1. The highest BCUT2D eigenvalue weighted by molar-refractivity contribution is 9.10. The number of anilines is 1. The predicted molar refractivity (Wildman–Crippen MR) is 133 cm³/mol. The van der Waals surface area contributed by atoms with Gasteiger partial charge in [-0.15, -0.1) is 0 Å².